The van der Waals surface area contributed by atoms with Crippen molar-refractivity contribution in [1.29, 1.82) is 0 Å². The SMILES string of the molecule is O=C(NCC1CCCN(CC2CCCCC2)C1)C1CCCN1. The number of nitrogens with one attached hydrogen (secondary N) is 2. The maximum Gasteiger partial charge on any atom is 0.237 e. The van der Waals surface area contributed by atoms with Crippen LogP contribution in [0.25, 0.3) is 0 Å². The number of rotatable bonds is 5. The molecule has 3 aliphatic rings. The molecule has 0 aromatic heterocycles. The van der Waals surface area contributed by atoms with Crippen LogP contribution in [-0.2, 0) is 4.79 Å². The lowest BCUT2D eigenvalue weighted by Crippen LogP contribution is -2.46. The average molecular weight is 307 g/mol. The molecule has 3 rings (SSSR count). The summed E-state index contributed by atoms with van der Waals surface area (Å²) >= 11 is 0. The smallest absolute Gasteiger partial charge is 0.237 e. The Morgan fingerprint density at radius 2 is 1.82 bits per heavy atom. The quantitative estimate of drug-likeness (QED) is 0.818. The Labute approximate surface area is 135 Å². The summed E-state index contributed by atoms with van der Waals surface area (Å²) in [5, 5.41) is 6.47. The molecule has 4 nitrogen and oxygen atoms in total. The summed E-state index contributed by atoms with van der Waals surface area (Å²) in [5.74, 6) is 1.81. The molecule has 4 heteroatoms. The molecule has 1 saturated carbocycles. The molecule has 0 bridgehead atoms. The third-order valence-corrected chi connectivity index (χ3v) is 5.79. The highest BCUT2D eigenvalue weighted by atomic mass is 16.2. The van der Waals surface area contributed by atoms with E-state index in [1.807, 2.05) is 0 Å². The van der Waals surface area contributed by atoms with Crippen LogP contribution in [0.3, 0.4) is 0 Å². The van der Waals surface area contributed by atoms with E-state index in [4.69, 9.17) is 0 Å². The van der Waals surface area contributed by atoms with Gasteiger partial charge in [0.15, 0.2) is 0 Å². The number of hydrogen-bond donors (Lipinski definition) is 2. The highest BCUT2D eigenvalue weighted by Gasteiger charge is 2.26. The standard InChI is InChI=1S/C18H33N3O/c22-18(17-9-4-10-19-17)20-12-16-8-5-11-21(14-16)13-15-6-2-1-3-7-15/h15-17,19H,1-14H2,(H,20,22). The van der Waals surface area contributed by atoms with Gasteiger partial charge in [0.2, 0.25) is 5.91 Å². The predicted molar refractivity (Wildman–Crippen MR) is 89.8 cm³/mol. The summed E-state index contributed by atoms with van der Waals surface area (Å²) in [6, 6.07) is 0.0712. The van der Waals surface area contributed by atoms with Crippen LogP contribution in [0.1, 0.15) is 57.8 Å². The van der Waals surface area contributed by atoms with Gasteiger partial charge in [-0.2, -0.15) is 0 Å². The van der Waals surface area contributed by atoms with Crippen LogP contribution in [0, 0.1) is 11.8 Å². The molecule has 2 aliphatic heterocycles. The number of nitrogens with zero attached hydrogens (tertiary/aromatic N) is 1. The van der Waals surface area contributed by atoms with Crippen molar-refractivity contribution in [3.8, 4) is 0 Å². The molecule has 2 heterocycles. The van der Waals surface area contributed by atoms with Crippen LogP contribution in [0.4, 0.5) is 0 Å². The van der Waals surface area contributed by atoms with E-state index in [1.54, 1.807) is 0 Å². The Bertz CT molecular complexity index is 348. The van der Waals surface area contributed by atoms with Crippen molar-refractivity contribution in [3.05, 3.63) is 0 Å². The molecule has 2 N–H and O–H groups in total. The summed E-state index contributed by atoms with van der Waals surface area (Å²) in [7, 11) is 0. The minimum Gasteiger partial charge on any atom is -0.354 e. The minimum atomic E-state index is 0.0712. The zero-order chi connectivity index (χ0) is 15.2. The molecule has 1 amide bonds. The summed E-state index contributed by atoms with van der Waals surface area (Å²) in [6.07, 6.45) is 11.9. The number of amides is 1. The first-order valence-electron chi connectivity index (χ1n) is 9.55. The second-order valence-corrected chi connectivity index (χ2v) is 7.67. The van der Waals surface area contributed by atoms with Crippen molar-refractivity contribution in [2.45, 2.75) is 63.8 Å². The maximum atomic E-state index is 12.1. The van der Waals surface area contributed by atoms with Crippen molar-refractivity contribution >= 4 is 5.91 Å². The molecule has 2 atom stereocenters. The zero-order valence-corrected chi connectivity index (χ0v) is 14.0. The largest absolute Gasteiger partial charge is 0.354 e. The lowest BCUT2D eigenvalue weighted by Gasteiger charge is -2.36. The Kier molecular flexibility index (Phi) is 6.13. The molecule has 0 aromatic rings. The van der Waals surface area contributed by atoms with Crippen molar-refractivity contribution in [2.75, 3.05) is 32.7 Å². The average Bonchev–Trinajstić information content (AvgIpc) is 3.08. The highest BCUT2D eigenvalue weighted by molar-refractivity contribution is 5.81. The number of carbonyl (C=O) groups excluding carboxylic acids is 1. The highest BCUT2D eigenvalue weighted by Crippen LogP contribution is 2.26. The molecular weight excluding hydrogens is 274 g/mol. The van der Waals surface area contributed by atoms with Gasteiger partial charge in [-0.1, -0.05) is 19.3 Å². The predicted octanol–water partition coefficient (Wildman–Crippen LogP) is 2.15. The molecule has 22 heavy (non-hydrogen) atoms. The molecule has 0 spiro atoms. The van der Waals surface area contributed by atoms with Crippen LogP contribution in [0.15, 0.2) is 0 Å². The number of piperidine rings is 1. The fourth-order valence-corrected chi connectivity index (χ4v) is 4.50. The van der Waals surface area contributed by atoms with Gasteiger partial charge in [-0.05, 0) is 63.5 Å². The summed E-state index contributed by atoms with van der Waals surface area (Å²) < 4.78 is 0. The molecule has 126 valence electrons. The molecule has 0 radical (unpaired) electrons. The van der Waals surface area contributed by atoms with Gasteiger partial charge >= 0.3 is 0 Å². The van der Waals surface area contributed by atoms with Crippen LogP contribution >= 0.6 is 0 Å². The van der Waals surface area contributed by atoms with E-state index in [-0.39, 0.29) is 11.9 Å². The van der Waals surface area contributed by atoms with Crippen LogP contribution in [0.5, 0.6) is 0 Å². The van der Waals surface area contributed by atoms with Gasteiger partial charge < -0.3 is 15.5 Å². The Hall–Kier alpha value is -0.610. The minimum absolute atomic E-state index is 0.0712. The fraction of sp³-hybridized carbons (Fsp3) is 0.944. The first-order valence-corrected chi connectivity index (χ1v) is 9.55. The Balaban J connectivity index is 1.37. The van der Waals surface area contributed by atoms with Crippen molar-refractivity contribution < 1.29 is 4.79 Å². The van der Waals surface area contributed by atoms with Crippen molar-refractivity contribution in [3.63, 3.8) is 0 Å². The van der Waals surface area contributed by atoms with Gasteiger partial charge in [0.25, 0.3) is 0 Å². The normalized spacial score (nSPS) is 31.3. The van der Waals surface area contributed by atoms with E-state index < -0.39 is 0 Å². The molecule has 0 aromatic carbocycles. The van der Waals surface area contributed by atoms with E-state index in [0.717, 1.165) is 31.8 Å². The van der Waals surface area contributed by atoms with Gasteiger partial charge in [-0.3, -0.25) is 4.79 Å². The third-order valence-electron chi connectivity index (χ3n) is 5.79. The first kappa shape index (κ1) is 16.3. The first-order chi connectivity index (χ1) is 10.8. The molecule has 2 unspecified atom stereocenters. The fourth-order valence-electron chi connectivity index (χ4n) is 4.50. The van der Waals surface area contributed by atoms with Gasteiger partial charge in [0.05, 0.1) is 6.04 Å². The van der Waals surface area contributed by atoms with Gasteiger partial charge in [0.1, 0.15) is 0 Å². The summed E-state index contributed by atoms with van der Waals surface area (Å²) in [4.78, 5) is 14.8. The maximum absolute atomic E-state index is 12.1. The van der Waals surface area contributed by atoms with E-state index >= 15 is 0 Å². The van der Waals surface area contributed by atoms with Gasteiger partial charge in [-0.15, -0.1) is 0 Å². The van der Waals surface area contributed by atoms with Crippen molar-refractivity contribution in [2.24, 2.45) is 11.8 Å². The van der Waals surface area contributed by atoms with E-state index in [2.05, 4.69) is 15.5 Å². The second-order valence-electron chi connectivity index (χ2n) is 7.67. The van der Waals surface area contributed by atoms with Gasteiger partial charge in [-0.25, -0.2) is 0 Å². The Morgan fingerprint density at radius 1 is 1.00 bits per heavy atom. The summed E-state index contributed by atoms with van der Waals surface area (Å²) in [5.41, 5.74) is 0. The lowest BCUT2D eigenvalue weighted by molar-refractivity contribution is -0.123. The third kappa shape index (κ3) is 4.69. The summed E-state index contributed by atoms with van der Waals surface area (Å²) in [6.45, 7) is 5.63. The van der Waals surface area contributed by atoms with E-state index in [9.17, 15) is 4.79 Å². The molecule has 3 fully saturated rings. The zero-order valence-electron chi connectivity index (χ0n) is 14.0. The molecule has 1 aliphatic carbocycles. The van der Waals surface area contributed by atoms with Crippen LogP contribution in [-0.4, -0.2) is 49.6 Å². The molecular formula is C18H33N3O. The molecule has 2 saturated heterocycles. The van der Waals surface area contributed by atoms with Crippen molar-refractivity contribution in [1.82, 2.24) is 15.5 Å². The monoisotopic (exact) mass is 307 g/mol. The lowest BCUT2D eigenvalue weighted by atomic mass is 9.88. The van der Waals surface area contributed by atoms with E-state index in [0.29, 0.717) is 5.92 Å². The number of likely N-dealkylation sites (tertiary alicyclic amines) is 1. The number of carbonyl (C=O) groups is 1. The van der Waals surface area contributed by atoms with E-state index in [1.165, 1.54) is 64.6 Å². The second kappa shape index (κ2) is 8.30. The van der Waals surface area contributed by atoms with Gasteiger partial charge in [0, 0.05) is 19.6 Å². The van der Waals surface area contributed by atoms with Crippen LogP contribution < -0.4 is 10.6 Å². The van der Waals surface area contributed by atoms with Crippen LogP contribution in [0.2, 0.25) is 0 Å². The topological polar surface area (TPSA) is 44.4 Å². The Morgan fingerprint density at radius 3 is 2.59 bits per heavy atom. The number of hydrogen-bond acceptors (Lipinski definition) is 3.